The zero-order chi connectivity index (χ0) is 47.2. The molecule has 7 N–H and O–H groups in total. The summed E-state index contributed by atoms with van der Waals surface area (Å²) in [4.78, 5) is 94.9. The van der Waals surface area contributed by atoms with Crippen LogP contribution >= 0.6 is 0 Å². The van der Waals surface area contributed by atoms with Gasteiger partial charge in [-0.25, -0.2) is 14.3 Å². The summed E-state index contributed by atoms with van der Waals surface area (Å²) in [6.07, 6.45) is 0.259. The van der Waals surface area contributed by atoms with E-state index in [1.807, 2.05) is 60.7 Å². The number of hydrogen-bond donors (Lipinski definition) is 6. The van der Waals surface area contributed by atoms with Crippen LogP contribution in [0.3, 0.4) is 0 Å². The molecule has 0 spiro atoms. The van der Waals surface area contributed by atoms with Gasteiger partial charge in [-0.3, -0.25) is 24.0 Å². The molecule has 0 radical (unpaired) electrons. The van der Waals surface area contributed by atoms with E-state index in [1.165, 1.54) is 29.6 Å². The molecule has 4 aromatic carbocycles. The van der Waals surface area contributed by atoms with E-state index in [9.17, 15) is 38.7 Å². The maximum atomic E-state index is 14.8. The minimum absolute atomic E-state index is 0.0519. The molecule has 4 atom stereocenters. The van der Waals surface area contributed by atoms with Crippen LogP contribution in [0.2, 0.25) is 0 Å². The number of ether oxygens (including phenoxy) is 2. The second-order valence-corrected chi connectivity index (χ2v) is 16.3. The molecule has 0 aliphatic carbocycles. The lowest BCUT2D eigenvalue weighted by Gasteiger charge is -2.29. The van der Waals surface area contributed by atoms with Crippen molar-refractivity contribution in [3.8, 4) is 0 Å². The fraction of sp³-hybridized carbons (Fsp3) is 0.340. The van der Waals surface area contributed by atoms with Gasteiger partial charge in [0.2, 0.25) is 17.6 Å². The SMILES string of the molecule is CC(C)(O)c1cnnn1[C@H]1C[C@@H](C(=O)NC(CCCCNC(=O)OCc2ccccc2)C(=O)C(N)=O)N(C(=O)[C@@H](CNC(=O)OCc2ccccc2)NC(=O)c2ccc3ccccc3c2)C1. The minimum Gasteiger partial charge on any atom is -0.445 e. The number of nitrogens with one attached hydrogen (secondary N) is 4. The second-order valence-electron chi connectivity index (χ2n) is 16.3. The fourth-order valence-electron chi connectivity index (χ4n) is 7.51. The highest BCUT2D eigenvalue weighted by Crippen LogP contribution is 2.32. The maximum absolute atomic E-state index is 14.8. The molecule has 19 heteroatoms. The van der Waals surface area contributed by atoms with Crippen molar-refractivity contribution in [1.82, 2.24) is 41.2 Å². The Bertz CT molecular complexity index is 2510. The molecule has 66 heavy (non-hydrogen) atoms. The molecule has 6 amide bonds. The molecule has 1 unspecified atom stereocenters. The number of likely N-dealkylation sites (tertiary alicyclic amines) is 1. The number of primary amides is 1. The molecule has 5 aromatic rings. The Hall–Kier alpha value is -7.67. The summed E-state index contributed by atoms with van der Waals surface area (Å²) in [5, 5.41) is 31.2. The fourth-order valence-corrected chi connectivity index (χ4v) is 7.51. The molecule has 0 bridgehead atoms. The predicted molar refractivity (Wildman–Crippen MR) is 239 cm³/mol. The normalized spacial score (nSPS) is 15.5. The van der Waals surface area contributed by atoms with Gasteiger partial charge in [0.25, 0.3) is 11.8 Å². The molecule has 346 valence electrons. The number of benzene rings is 4. The summed E-state index contributed by atoms with van der Waals surface area (Å²) in [6, 6.07) is 25.4. The number of Topliss-reactive ketones (excluding diaryl/α,β-unsaturated/α-hetero) is 1. The topological polar surface area (TPSA) is 266 Å². The van der Waals surface area contributed by atoms with Crippen LogP contribution in [0.5, 0.6) is 0 Å². The van der Waals surface area contributed by atoms with Gasteiger partial charge in [0, 0.05) is 25.1 Å². The van der Waals surface area contributed by atoms with Gasteiger partial charge in [0.1, 0.15) is 30.9 Å². The molecule has 1 aliphatic heterocycles. The minimum atomic E-state index is -1.47. The molecule has 1 aromatic heterocycles. The predicted octanol–water partition coefficient (Wildman–Crippen LogP) is 3.16. The Labute approximate surface area is 380 Å². The van der Waals surface area contributed by atoms with Crippen molar-refractivity contribution in [1.29, 1.82) is 0 Å². The van der Waals surface area contributed by atoms with Crippen LogP contribution in [0.1, 0.15) is 72.8 Å². The van der Waals surface area contributed by atoms with Crippen molar-refractivity contribution >= 4 is 52.4 Å². The number of amides is 6. The van der Waals surface area contributed by atoms with Gasteiger partial charge < -0.3 is 46.5 Å². The summed E-state index contributed by atoms with van der Waals surface area (Å²) in [5.41, 5.74) is 5.99. The number of nitrogens with zero attached hydrogens (tertiary/aromatic N) is 4. The van der Waals surface area contributed by atoms with Gasteiger partial charge in [0.15, 0.2) is 0 Å². The van der Waals surface area contributed by atoms with Crippen LogP contribution in [0.25, 0.3) is 10.8 Å². The standard InChI is InChI=1S/C47H53N9O10/c1-47(2,64)39-26-51-54-56(39)35-24-38(43(60)52-36(40(57)41(48)58)19-11-12-22-49-45(62)65-28-30-13-5-3-6-14-30)55(27-35)44(61)37(25-50-46(63)66-29-31-15-7-4-8-16-31)53-42(59)34-21-20-32-17-9-10-18-33(32)23-34/h3-10,13-18,20-21,23,26,35-38,64H,11-12,19,22,24-25,27-29H2,1-2H3,(H2,48,58)(H,49,62)(H,50,63)(H,52,60)(H,53,59)/t35-,36?,37+,38-/m0/s1. The maximum Gasteiger partial charge on any atom is 0.407 e. The van der Waals surface area contributed by atoms with Crippen LogP contribution in [0.4, 0.5) is 9.59 Å². The van der Waals surface area contributed by atoms with Crippen LogP contribution in [0.15, 0.2) is 109 Å². The first-order chi connectivity index (χ1) is 31.7. The Morgan fingerprint density at radius 3 is 2.05 bits per heavy atom. The zero-order valence-corrected chi connectivity index (χ0v) is 36.6. The zero-order valence-electron chi connectivity index (χ0n) is 36.6. The first-order valence-electron chi connectivity index (χ1n) is 21.4. The van der Waals surface area contributed by atoms with Crippen molar-refractivity contribution in [3.63, 3.8) is 0 Å². The third-order valence-electron chi connectivity index (χ3n) is 11.0. The number of fused-ring (bicyclic) bond motifs is 1. The Balaban J connectivity index is 1.20. The van der Waals surface area contributed by atoms with E-state index < -0.39 is 77.9 Å². The molecular formula is C47H53N9O10. The summed E-state index contributed by atoms with van der Waals surface area (Å²) in [6.45, 7) is 2.55. The van der Waals surface area contributed by atoms with E-state index >= 15 is 0 Å². The van der Waals surface area contributed by atoms with Crippen molar-refractivity contribution < 1.29 is 48.1 Å². The van der Waals surface area contributed by atoms with Crippen molar-refractivity contribution in [3.05, 3.63) is 132 Å². The Morgan fingerprint density at radius 1 is 0.788 bits per heavy atom. The summed E-state index contributed by atoms with van der Waals surface area (Å²) < 4.78 is 12.0. The Morgan fingerprint density at radius 2 is 1.41 bits per heavy atom. The number of carbonyl (C=O) groups excluding carboxylic acids is 7. The molecule has 1 saturated heterocycles. The summed E-state index contributed by atoms with van der Waals surface area (Å²) in [5.74, 6) is -4.64. The van der Waals surface area contributed by atoms with Gasteiger partial charge in [-0.1, -0.05) is 96.2 Å². The van der Waals surface area contributed by atoms with Gasteiger partial charge >= 0.3 is 12.2 Å². The van der Waals surface area contributed by atoms with Gasteiger partial charge in [-0.2, -0.15) is 0 Å². The first-order valence-corrected chi connectivity index (χ1v) is 21.4. The second kappa shape index (κ2) is 22.3. The third-order valence-corrected chi connectivity index (χ3v) is 11.0. The lowest BCUT2D eigenvalue weighted by atomic mass is 10.0. The van der Waals surface area contributed by atoms with Crippen LogP contribution < -0.4 is 27.0 Å². The summed E-state index contributed by atoms with van der Waals surface area (Å²) in [7, 11) is 0. The van der Waals surface area contributed by atoms with E-state index in [0.29, 0.717) is 12.0 Å². The summed E-state index contributed by atoms with van der Waals surface area (Å²) >= 11 is 0. The van der Waals surface area contributed by atoms with E-state index in [4.69, 9.17) is 15.2 Å². The van der Waals surface area contributed by atoms with Gasteiger partial charge in [0.05, 0.1) is 30.5 Å². The largest absolute Gasteiger partial charge is 0.445 e. The lowest BCUT2D eigenvalue weighted by Crippen LogP contribution is -2.58. The molecule has 1 fully saturated rings. The number of ketones is 1. The van der Waals surface area contributed by atoms with Crippen LogP contribution in [-0.4, -0.2) is 104 Å². The van der Waals surface area contributed by atoms with E-state index in [2.05, 4.69) is 31.6 Å². The number of unbranched alkanes of at least 4 members (excludes halogenated alkanes) is 1. The molecule has 0 saturated carbocycles. The average Bonchev–Trinajstić information content (AvgIpc) is 4.00. The quantitative estimate of drug-likeness (QED) is 0.0486. The molecule has 1 aliphatic rings. The van der Waals surface area contributed by atoms with E-state index in [-0.39, 0.29) is 56.8 Å². The monoisotopic (exact) mass is 903 g/mol. The number of aromatic nitrogens is 3. The van der Waals surface area contributed by atoms with Gasteiger partial charge in [-0.15, -0.1) is 5.10 Å². The van der Waals surface area contributed by atoms with Gasteiger partial charge in [-0.05, 0) is 67.1 Å². The van der Waals surface area contributed by atoms with Crippen LogP contribution in [0, 0.1) is 0 Å². The number of rotatable bonds is 20. The first kappa shape index (κ1) is 47.8. The molecular weight excluding hydrogens is 851 g/mol. The molecule has 2 heterocycles. The van der Waals surface area contributed by atoms with Crippen LogP contribution in [-0.2, 0) is 47.5 Å². The van der Waals surface area contributed by atoms with Crippen molar-refractivity contribution in [2.24, 2.45) is 5.73 Å². The average molecular weight is 904 g/mol. The van der Waals surface area contributed by atoms with E-state index in [0.717, 1.165) is 16.3 Å². The third kappa shape index (κ3) is 13.0. The molecule has 6 rings (SSSR count). The molecule has 19 nitrogen and oxygen atoms in total. The highest BCUT2D eigenvalue weighted by Gasteiger charge is 2.45. The smallest absolute Gasteiger partial charge is 0.407 e. The lowest BCUT2D eigenvalue weighted by molar-refractivity contribution is -0.142. The number of nitrogens with two attached hydrogens (primary N) is 1. The van der Waals surface area contributed by atoms with Crippen molar-refractivity contribution in [2.45, 2.75) is 82.5 Å². The Kier molecular flexibility index (Phi) is 16.1. The number of aliphatic hydroxyl groups is 1. The number of alkyl carbamates (subject to hydrolysis) is 2. The highest BCUT2D eigenvalue weighted by molar-refractivity contribution is 6.37. The van der Waals surface area contributed by atoms with Crippen molar-refractivity contribution in [2.75, 3.05) is 19.6 Å². The highest BCUT2D eigenvalue weighted by atomic mass is 16.6. The number of carbonyl (C=O) groups is 7. The van der Waals surface area contributed by atoms with E-state index in [1.54, 1.807) is 42.5 Å². The number of hydrogen-bond acceptors (Lipinski definition) is 12.